The number of hydrogen-bond acceptors (Lipinski definition) is 3. The van der Waals surface area contributed by atoms with Crippen molar-refractivity contribution in [2.45, 2.75) is 13.1 Å². The van der Waals surface area contributed by atoms with E-state index in [0.717, 1.165) is 16.3 Å². The van der Waals surface area contributed by atoms with Gasteiger partial charge in [-0.2, -0.15) is 0 Å². The Hall–Kier alpha value is -4.19. The van der Waals surface area contributed by atoms with Gasteiger partial charge in [0.05, 0.1) is 12.8 Å². The number of amides is 2. The summed E-state index contributed by atoms with van der Waals surface area (Å²) in [4.78, 5) is 29.7. The molecule has 0 bridgehead atoms. The molecule has 34 heavy (non-hydrogen) atoms. The van der Waals surface area contributed by atoms with Crippen molar-refractivity contribution in [3.8, 4) is 0 Å². The molecule has 4 rings (SSSR count). The second-order valence-electron chi connectivity index (χ2n) is 7.99. The lowest BCUT2D eigenvalue weighted by Gasteiger charge is -2.27. The molecule has 4 aromatic rings. The molecule has 0 radical (unpaired) electrons. The lowest BCUT2D eigenvalue weighted by Crippen LogP contribution is -2.42. The lowest BCUT2D eigenvalue weighted by atomic mass is 10.1. The molecule has 1 aromatic heterocycles. The largest absolute Gasteiger partial charge is 0.467 e. The molecule has 0 saturated heterocycles. The Bertz CT molecular complexity index is 1280. The number of nitrogens with zero attached hydrogens (tertiary/aromatic N) is 2. The third-order valence-electron chi connectivity index (χ3n) is 5.53. The van der Waals surface area contributed by atoms with Crippen LogP contribution in [0.2, 0.25) is 0 Å². The first-order chi connectivity index (χ1) is 16.5. The van der Waals surface area contributed by atoms with Gasteiger partial charge in [0.15, 0.2) is 0 Å². The Morgan fingerprint density at radius 3 is 2.35 bits per heavy atom. The summed E-state index contributed by atoms with van der Waals surface area (Å²) in [6.45, 7) is 4.33. The molecule has 0 atom stereocenters. The van der Waals surface area contributed by atoms with E-state index in [0.29, 0.717) is 11.3 Å². The minimum atomic E-state index is -0.342. The van der Waals surface area contributed by atoms with Gasteiger partial charge in [0.25, 0.3) is 5.91 Å². The Balaban J connectivity index is 1.55. The SMILES string of the molecule is C=CCN(CC(=O)N(Cc1ccc(F)cc1)Cc1ccco1)C(=O)c1ccc2ccccc2c1. The molecule has 172 valence electrons. The van der Waals surface area contributed by atoms with Crippen molar-refractivity contribution in [3.63, 3.8) is 0 Å². The average Bonchev–Trinajstić information content (AvgIpc) is 3.37. The van der Waals surface area contributed by atoms with Crippen molar-refractivity contribution < 1.29 is 18.4 Å². The summed E-state index contributed by atoms with van der Waals surface area (Å²) in [5, 5.41) is 1.99. The molecule has 0 spiro atoms. The minimum absolute atomic E-state index is 0.125. The van der Waals surface area contributed by atoms with E-state index < -0.39 is 0 Å². The van der Waals surface area contributed by atoms with Gasteiger partial charge in [-0.05, 0) is 52.7 Å². The lowest BCUT2D eigenvalue weighted by molar-refractivity contribution is -0.133. The van der Waals surface area contributed by atoms with Gasteiger partial charge in [0, 0.05) is 18.7 Å². The van der Waals surface area contributed by atoms with E-state index in [1.54, 1.807) is 47.6 Å². The molecule has 1 heterocycles. The van der Waals surface area contributed by atoms with Gasteiger partial charge in [0.2, 0.25) is 5.91 Å². The van der Waals surface area contributed by atoms with Gasteiger partial charge in [-0.3, -0.25) is 9.59 Å². The van der Waals surface area contributed by atoms with Crippen molar-refractivity contribution in [2.75, 3.05) is 13.1 Å². The maximum atomic E-state index is 13.4. The fourth-order valence-electron chi connectivity index (χ4n) is 3.78. The van der Waals surface area contributed by atoms with Crippen LogP contribution in [0.4, 0.5) is 4.39 Å². The number of carbonyl (C=O) groups excluding carboxylic acids is 2. The number of fused-ring (bicyclic) bond motifs is 1. The maximum Gasteiger partial charge on any atom is 0.254 e. The van der Waals surface area contributed by atoms with Crippen LogP contribution < -0.4 is 0 Å². The van der Waals surface area contributed by atoms with Crippen LogP contribution in [0.3, 0.4) is 0 Å². The first-order valence-electron chi connectivity index (χ1n) is 11.0. The summed E-state index contributed by atoms with van der Waals surface area (Å²) in [6.07, 6.45) is 3.15. The zero-order valence-electron chi connectivity index (χ0n) is 18.7. The molecule has 5 nitrogen and oxygen atoms in total. The highest BCUT2D eigenvalue weighted by atomic mass is 19.1. The first kappa shape index (κ1) is 23.0. The molecule has 0 aliphatic carbocycles. The predicted molar refractivity (Wildman–Crippen MR) is 129 cm³/mol. The van der Waals surface area contributed by atoms with E-state index in [1.807, 2.05) is 36.4 Å². The third-order valence-corrected chi connectivity index (χ3v) is 5.53. The summed E-state index contributed by atoms with van der Waals surface area (Å²) in [7, 11) is 0. The van der Waals surface area contributed by atoms with Gasteiger partial charge in [-0.15, -0.1) is 6.58 Å². The maximum absolute atomic E-state index is 13.4. The Morgan fingerprint density at radius 2 is 1.65 bits per heavy atom. The molecule has 2 amide bonds. The quantitative estimate of drug-likeness (QED) is 0.316. The molecule has 0 N–H and O–H groups in total. The summed E-state index contributed by atoms with van der Waals surface area (Å²) >= 11 is 0. The highest BCUT2D eigenvalue weighted by Gasteiger charge is 2.23. The van der Waals surface area contributed by atoms with Crippen LogP contribution in [-0.4, -0.2) is 34.7 Å². The van der Waals surface area contributed by atoms with Crippen molar-refractivity contribution in [1.82, 2.24) is 9.80 Å². The molecule has 0 fully saturated rings. The van der Waals surface area contributed by atoms with Crippen molar-refractivity contribution in [3.05, 3.63) is 120 Å². The Kier molecular flexibility index (Phi) is 7.18. The molecule has 3 aromatic carbocycles. The fraction of sp³-hybridized carbons (Fsp3) is 0.143. The topological polar surface area (TPSA) is 53.8 Å². The fourth-order valence-corrected chi connectivity index (χ4v) is 3.78. The van der Waals surface area contributed by atoms with Crippen molar-refractivity contribution in [2.24, 2.45) is 0 Å². The molecule has 0 aliphatic heterocycles. The van der Waals surface area contributed by atoms with Crippen LogP contribution in [0.25, 0.3) is 10.8 Å². The van der Waals surface area contributed by atoms with Gasteiger partial charge < -0.3 is 14.2 Å². The second kappa shape index (κ2) is 10.6. The van der Waals surface area contributed by atoms with Gasteiger partial charge in [0.1, 0.15) is 18.1 Å². The van der Waals surface area contributed by atoms with E-state index in [4.69, 9.17) is 4.42 Å². The molecule has 0 saturated carbocycles. The van der Waals surface area contributed by atoms with Gasteiger partial charge >= 0.3 is 0 Å². The van der Waals surface area contributed by atoms with Crippen LogP contribution in [0.15, 0.2) is 102 Å². The minimum Gasteiger partial charge on any atom is -0.467 e. The monoisotopic (exact) mass is 456 g/mol. The molecular formula is C28H25FN2O3. The number of rotatable bonds is 9. The Labute approximate surface area is 197 Å². The highest BCUT2D eigenvalue weighted by Crippen LogP contribution is 2.18. The van der Waals surface area contributed by atoms with Crippen molar-refractivity contribution >= 4 is 22.6 Å². The second-order valence-corrected chi connectivity index (χ2v) is 7.99. The van der Waals surface area contributed by atoms with E-state index >= 15 is 0 Å². The number of benzene rings is 3. The number of carbonyl (C=O) groups is 2. The summed E-state index contributed by atoms with van der Waals surface area (Å²) in [5.74, 6) is -0.229. The normalized spacial score (nSPS) is 10.7. The van der Waals surface area contributed by atoms with Crippen LogP contribution >= 0.6 is 0 Å². The average molecular weight is 457 g/mol. The van der Waals surface area contributed by atoms with Crippen molar-refractivity contribution in [1.29, 1.82) is 0 Å². The standard InChI is InChI=1S/C28H25FN2O3/c1-2-15-30(28(33)24-12-11-22-6-3-4-7-23(22)17-24)20-27(32)31(19-26-8-5-16-34-26)18-21-9-13-25(29)14-10-21/h2-14,16-17H,1,15,18-20H2. The van der Waals surface area contributed by atoms with Gasteiger partial charge in [-0.25, -0.2) is 4.39 Å². The van der Waals surface area contributed by atoms with E-state index in [9.17, 15) is 14.0 Å². The molecular weight excluding hydrogens is 431 g/mol. The molecule has 0 unspecified atom stereocenters. The van der Waals surface area contributed by atoms with Gasteiger partial charge in [-0.1, -0.05) is 48.5 Å². The molecule has 0 aliphatic rings. The number of hydrogen-bond donors (Lipinski definition) is 0. The summed E-state index contributed by atoms with van der Waals surface area (Å²) < 4.78 is 18.8. The van der Waals surface area contributed by atoms with Crippen LogP contribution in [0, 0.1) is 5.82 Å². The zero-order valence-corrected chi connectivity index (χ0v) is 18.7. The van der Waals surface area contributed by atoms with Crippen LogP contribution in [0.5, 0.6) is 0 Å². The van der Waals surface area contributed by atoms with Crippen LogP contribution in [0.1, 0.15) is 21.7 Å². The predicted octanol–water partition coefficient (Wildman–Crippen LogP) is 5.43. The Morgan fingerprint density at radius 1 is 0.882 bits per heavy atom. The summed E-state index contributed by atoms with van der Waals surface area (Å²) in [5.41, 5.74) is 1.28. The van der Waals surface area contributed by atoms with E-state index in [-0.39, 0.29) is 43.8 Å². The zero-order chi connectivity index (χ0) is 23.9. The van der Waals surface area contributed by atoms with Crippen LogP contribution in [-0.2, 0) is 17.9 Å². The summed E-state index contributed by atoms with van der Waals surface area (Å²) in [6, 6.07) is 22.8. The smallest absolute Gasteiger partial charge is 0.254 e. The third kappa shape index (κ3) is 5.59. The van der Waals surface area contributed by atoms with E-state index in [2.05, 4.69) is 6.58 Å². The first-order valence-corrected chi connectivity index (χ1v) is 11.0. The molecule has 6 heteroatoms. The van der Waals surface area contributed by atoms with E-state index in [1.165, 1.54) is 17.0 Å². The number of furan rings is 1. The highest BCUT2D eigenvalue weighted by molar-refractivity contribution is 6.00. The number of halogens is 1.